The SMILES string of the molecule is NP(N)(=O)N1CCC[C@H](Nc2ccccn2)C1=O. The van der Waals surface area contributed by atoms with Crippen molar-refractivity contribution in [3.8, 4) is 0 Å². The summed E-state index contributed by atoms with van der Waals surface area (Å²) in [5.74, 6) is 0.266. The molecule has 0 bridgehead atoms. The molecule has 7 nitrogen and oxygen atoms in total. The fourth-order valence-electron chi connectivity index (χ4n) is 1.93. The minimum atomic E-state index is -3.52. The van der Waals surface area contributed by atoms with Gasteiger partial charge in [-0.1, -0.05) is 6.07 Å². The second-order valence-corrected chi connectivity index (χ2v) is 6.02. The maximum atomic E-state index is 12.1. The summed E-state index contributed by atoms with van der Waals surface area (Å²) in [6.07, 6.45) is 2.98. The number of rotatable bonds is 3. The molecule has 1 aliphatic heterocycles. The maximum Gasteiger partial charge on any atom is 0.302 e. The van der Waals surface area contributed by atoms with Crippen LogP contribution in [0.1, 0.15) is 12.8 Å². The van der Waals surface area contributed by atoms with Gasteiger partial charge in [0, 0.05) is 12.7 Å². The Morgan fingerprint density at radius 2 is 2.22 bits per heavy atom. The molecular formula is C10H16N5O2P. The van der Waals surface area contributed by atoms with E-state index in [-0.39, 0.29) is 5.91 Å². The predicted octanol–water partition coefficient (Wildman–Crippen LogP) is 0.510. The smallest absolute Gasteiger partial charge is 0.302 e. The molecule has 1 saturated heterocycles. The van der Waals surface area contributed by atoms with Crippen LogP contribution in [-0.2, 0) is 9.36 Å². The molecule has 0 aliphatic carbocycles. The van der Waals surface area contributed by atoms with Gasteiger partial charge < -0.3 is 5.32 Å². The van der Waals surface area contributed by atoms with Gasteiger partial charge in [0.15, 0.2) is 0 Å². The molecule has 0 aromatic carbocycles. The van der Waals surface area contributed by atoms with Crippen LogP contribution in [0, 0.1) is 0 Å². The fraction of sp³-hybridized carbons (Fsp3) is 0.400. The van der Waals surface area contributed by atoms with Crippen molar-refractivity contribution >= 4 is 19.3 Å². The van der Waals surface area contributed by atoms with E-state index in [0.29, 0.717) is 25.2 Å². The summed E-state index contributed by atoms with van der Waals surface area (Å²) in [7, 11) is -3.52. The lowest BCUT2D eigenvalue weighted by Crippen LogP contribution is -2.48. The molecule has 0 spiro atoms. The number of pyridine rings is 1. The number of amides is 1. The third-order valence-corrected chi connectivity index (χ3v) is 3.93. The third kappa shape index (κ3) is 2.87. The van der Waals surface area contributed by atoms with Crippen molar-refractivity contribution in [1.82, 2.24) is 9.65 Å². The Kier molecular flexibility index (Phi) is 3.65. The van der Waals surface area contributed by atoms with Gasteiger partial charge >= 0.3 is 7.59 Å². The van der Waals surface area contributed by atoms with Crippen LogP contribution in [0.2, 0.25) is 0 Å². The van der Waals surface area contributed by atoms with E-state index in [1.807, 2.05) is 6.07 Å². The fourth-order valence-corrected chi connectivity index (χ4v) is 2.83. The number of piperidine rings is 1. The van der Waals surface area contributed by atoms with Crippen LogP contribution >= 0.6 is 7.59 Å². The minimum absolute atomic E-state index is 0.333. The van der Waals surface area contributed by atoms with Crippen LogP contribution in [0.15, 0.2) is 24.4 Å². The minimum Gasteiger partial charge on any atom is -0.358 e. The summed E-state index contributed by atoms with van der Waals surface area (Å²) in [5.41, 5.74) is 10.7. The summed E-state index contributed by atoms with van der Waals surface area (Å²) < 4.78 is 12.7. The first-order chi connectivity index (χ1) is 8.48. The van der Waals surface area contributed by atoms with Gasteiger partial charge in [0.1, 0.15) is 11.9 Å². The van der Waals surface area contributed by atoms with Crippen molar-refractivity contribution < 1.29 is 9.36 Å². The molecular weight excluding hydrogens is 253 g/mol. The molecule has 98 valence electrons. The Bertz CT molecular complexity index is 474. The van der Waals surface area contributed by atoms with Crippen LogP contribution in [0.25, 0.3) is 0 Å². The first-order valence-corrected chi connectivity index (χ1v) is 7.45. The van der Waals surface area contributed by atoms with Crippen LogP contribution in [0.4, 0.5) is 5.82 Å². The highest BCUT2D eigenvalue weighted by Gasteiger charge is 2.35. The van der Waals surface area contributed by atoms with E-state index in [2.05, 4.69) is 10.3 Å². The van der Waals surface area contributed by atoms with Crippen LogP contribution < -0.4 is 16.3 Å². The Hall–Kier alpha value is -1.43. The van der Waals surface area contributed by atoms with Crippen LogP contribution in [0.5, 0.6) is 0 Å². The van der Waals surface area contributed by atoms with E-state index in [4.69, 9.17) is 11.0 Å². The molecule has 1 amide bonds. The van der Waals surface area contributed by atoms with Gasteiger partial charge in [0.2, 0.25) is 0 Å². The number of nitrogens with one attached hydrogen (secondary N) is 1. The highest BCUT2D eigenvalue weighted by Crippen LogP contribution is 2.35. The van der Waals surface area contributed by atoms with Crippen molar-refractivity contribution in [2.45, 2.75) is 18.9 Å². The first kappa shape index (κ1) is 13.0. The van der Waals surface area contributed by atoms with E-state index >= 15 is 0 Å². The van der Waals surface area contributed by atoms with Gasteiger partial charge in [0.25, 0.3) is 5.91 Å². The number of aromatic nitrogens is 1. The number of carbonyl (C=O) groups is 1. The Balaban J connectivity index is 2.10. The van der Waals surface area contributed by atoms with Crippen LogP contribution in [-0.4, -0.2) is 28.1 Å². The molecule has 0 radical (unpaired) electrons. The highest BCUT2D eigenvalue weighted by atomic mass is 31.2. The second-order valence-electron chi connectivity index (χ2n) is 4.19. The molecule has 1 fully saturated rings. The average Bonchev–Trinajstić information content (AvgIpc) is 2.32. The molecule has 1 atom stereocenters. The normalized spacial score (nSPS) is 20.9. The molecule has 8 heteroatoms. The van der Waals surface area contributed by atoms with Crippen molar-refractivity contribution in [2.24, 2.45) is 11.0 Å². The van der Waals surface area contributed by atoms with Gasteiger partial charge in [0.05, 0.1) is 0 Å². The molecule has 0 saturated carbocycles. The Labute approximate surface area is 105 Å². The number of anilines is 1. The Morgan fingerprint density at radius 1 is 1.44 bits per heavy atom. The summed E-state index contributed by atoms with van der Waals surface area (Å²) >= 11 is 0. The van der Waals surface area contributed by atoms with Gasteiger partial charge in [-0.3, -0.25) is 25.0 Å². The average molecular weight is 269 g/mol. The number of nitrogens with zero attached hydrogens (tertiary/aromatic N) is 2. The number of hydrogen-bond donors (Lipinski definition) is 3. The predicted molar refractivity (Wildman–Crippen MR) is 68.6 cm³/mol. The molecule has 2 rings (SSSR count). The summed E-state index contributed by atoms with van der Waals surface area (Å²) in [6.45, 7) is 0.337. The quantitative estimate of drug-likeness (QED) is 0.689. The van der Waals surface area contributed by atoms with Crippen molar-refractivity contribution in [3.05, 3.63) is 24.4 Å². The van der Waals surface area contributed by atoms with Gasteiger partial charge in [-0.25, -0.2) is 4.98 Å². The van der Waals surface area contributed by atoms with E-state index in [0.717, 1.165) is 4.67 Å². The van der Waals surface area contributed by atoms with Gasteiger partial charge in [-0.2, -0.15) is 0 Å². The molecule has 1 aliphatic rings. The lowest BCUT2D eigenvalue weighted by molar-refractivity contribution is -0.129. The standard InChI is InChI=1S/C10H16N5O2P/c11-18(12,17)15-7-3-4-8(10(15)16)14-9-5-1-2-6-13-9/h1-2,5-6,8H,3-4,7H2,(H,13,14)(H4,11,12,17)/t8-/m0/s1. The topological polar surface area (TPSA) is 114 Å². The zero-order chi connectivity index (χ0) is 13.2. The molecule has 5 N–H and O–H groups in total. The summed E-state index contributed by atoms with van der Waals surface area (Å²) in [4.78, 5) is 16.2. The molecule has 0 unspecified atom stereocenters. The van der Waals surface area contributed by atoms with Crippen molar-refractivity contribution in [3.63, 3.8) is 0 Å². The second kappa shape index (κ2) is 5.06. The third-order valence-electron chi connectivity index (χ3n) is 2.78. The monoisotopic (exact) mass is 269 g/mol. The highest BCUT2D eigenvalue weighted by molar-refractivity contribution is 7.57. The zero-order valence-corrected chi connectivity index (χ0v) is 10.7. The molecule has 1 aromatic heterocycles. The van der Waals surface area contributed by atoms with Gasteiger partial charge in [-0.05, 0) is 25.0 Å². The maximum absolute atomic E-state index is 12.1. The van der Waals surface area contributed by atoms with E-state index in [9.17, 15) is 9.36 Å². The number of nitrogens with two attached hydrogens (primary N) is 2. The molecule has 18 heavy (non-hydrogen) atoms. The van der Waals surface area contributed by atoms with Crippen LogP contribution in [0.3, 0.4) is 0 Å². The molecule has 1 aromatic rings. The lowest BCUT2D eigenvalue weighted by Gasteiger charge is -2.34. The summed E-state index contributed by atoms with van der Waals surface area (Å²) in [6, 6.07) is 4.89. The summed E-state index contributed by atoms with van der Waals surface area (Å²) in [5, 5.41) is 3.00. The van der Waals surface area contributed by atoms with Gasteiger partial charge in [-0.15, -0.1) is 0 Å². The molecule has 2 heterocycles. The van der Waals surface area contributed by atoms with Crippen molar-refractivity contribution in [2.75, 3.05) is 11.9 Å². The first-order valence-electron chi connectivity index (χ1n) is 5.65. The van der Waals surface area contributed by atoms with E-state index < -0.39 is 13.6 Å². The number of carbonyl (C=O) groups excluding carboxylic acids is 1. The lowest BCUT2D eigenvalue weighted by atomic mass is 10.1. The Morgan fingerprint density at radius 3 is 2.83 bits per heavy atom. The van der Waals surface area contributed by atoms with E-state index in [1.165, 1.54) is 0 Å². The number of hydrogen-bond acceptors (Lipinski definition) is 4. The van der Waals surface area contributed by atoms with E-state index in [1.54, 1.807) is 18.3 Å². The van der Waals surface area contributed by atoms with Crippen molar-refractivity contribution in [1.29, 1.82) is 0 Å². The zero-order valence-electron chi connectivity index (χ0n) is 9.82. The largest absolute Gasteiger partial charge is 0.358 e.